The molecule has 0 aliphatic heterocycles. The third-order valence-electron chi connectivity index (χ3n) is 3.00. The number of rotatable bonds is 4. The molecule has 0 aromatic heterocycles. The number of hydrogen-bond donors (Lipinski definition) is 2. The lowest BCUT2D eigenvalue weighted by molar-refractivity contribution is -0.118. The average molecular weight is 293 g/mol. The maximum Gasteiger partial charge on any atom is 0.244 e. The van der Waals surface area contributed by atoms with Gasteiger partial charge in [-0.25, -0.2) is 4.39 Å². The van der Waals surface area contributed by atoms with Gasteiger partial charge in [0, 0.05) is 0 Å². The Kier molecular flexibility index (Phi) is 4.25. The molecule has 0 radical (unpaired) electrons. The summed E-state index contributed by atoms with van der Waals surface area (Å²) in [5.41, 5.74) is 7.30. The SMILES string of the molecule is Cc1cc(F)ccc1C(Nc1ccccc1Cl)C(N)=O. The highest BCUT2D eigenvalue weighted by Gasteiger charge is 2.20. The molecule has 0 aliphatic rings. The highest BCUT2D eigenvalue weighted by atomic mass is 35.5. The molecule has 0 spiro atoms. The maximum absolute atomic E-state index is 13.1. The maximum atomic E-state index is 13.1. The van der Waals surface area contributed by atoms with Crippen molar-refractivity contribution in [2.45, 2.75) is 13.0 Å². The van der Waals surface area contributed by atoms with Crippen molar-refractivity contribution >= 4 is 23.2 Å². The molecule has 3 nitrogen and oxygen atoms in total. The molecular weight excluding hydrogens is 279 g/mol. The fraction of sp³-hybridized carbons (Fsp3) is 0.133. The van der Waals surface area contributed by atoms with Gasteiger partial charge in [-0.1, -0.05) is 29.8 Å². The molecule has 0 saturated carbocycles. The predicted octanol–water partition coefficient (Wildman–Crippen LogP) is 3.43. The first-order valence-corrected chi connectivity index (χ1v) is 6.43. The number of carbonyl (C=O) groups is 1. The second-order valence-corrected chi connectivity index (χ2v) is 4.87. The summed E-state index contributed by atoms with van der Waals surface area (Å²) in [6, 6.07) is 10.5. The molecule has 0 fully saturated rings. The molecule has 0 aliphatic carbocycles. The molecule has 2 aromatic rings. The molecule has 5 heteroatoms. The van der Waals surface area contributed by atoms with E-state index in [1.54, 1.807) is 37.3 Å². The molecule has 20 heavy (non-hydrogen) atoms. The molecule has 3 N–H and O–H groups in total. The van der Waals surface area contributed by atoms with E-state index in [4.69, 9.17) is 17.3 Å². The van der Waals surface area contributed by atoms with Gasteiger partial charge in [-0.05, 0) is 42.3 Å². The number of nitrogens with one attached hydrogen (secondary N) is 1. The van der Waals surface area contributed by atoms with Gasteiger partial charge in [0.2, 0.25) is 5.91 Å². The van der Waals surface area contributed by atoms with Crippen LogP contribution in [0.15, 0.2) is 42.5 Å². The van der Waals surface area contributed by atoms with Crippen molar-refractivity contribution in [3.8, 4) is 0 Å². The Morgan fingerprint density at radius 3 is 2.60 bits per heavy atom. The lowest BCUT2D eigenvalue weighted by Gasteiger charge is -2.19. The topological polar surface area (TPSA) is 55.1 Å². The Labute approximate surface area is 121 Å². The Hall–Kier alpha value is -2.07. The van der Waals surface area contributed by atoms with E-state index in [2.05, 4.69) is 5.32 Å². The van der Waals surface area contributed by atoms with Gasteiger partial charge < -0.3 is 11.1 Å². The number of anilines is 1. The van der Waals surface area contributed by atoms with E-state index in [9.17, 15) is 9.18 Å². The van der Waals surface area contributed by atoms with E-state index in [0.29, 0.717) is 21.8 Å². The molecule has 0 heterocycles. The molecule has 0 saturated heterocycles. The van der Waals surface area contributed by atoms with Crippen LogP contribution in [0.3, 0.4) is 0 Å². The van der Waals surface area contributed by atoms with E-state index >= 15 is 0 Å². The monoisotopic (exact) mass is 292 g/mol. The largest absolute Gasteiger partial charge is 0.369 e. The number of carbonyl (C=O) groups excluding carboxylic acids is 1. The van der Waals surface area contributed by atoms with Crippen molar-refractivity contribution in [2.24, 2.45) is 5.73 Å². The number of para-hydroxylation sites is 1. The van der Waals surface area contributed by atoms with E-state index in [-0.39, 0.29) is 5.82 Å². The van der Waals surface area contributed by atoms with Gasteiger partial charge in [-0.3, -0.25) is 4.79 Å². The summed E-state index contributed by atoms with van der Waals surface area (Å²) in [7, 11) is 0. The fourth-order valence-corrected chi connectivity index (χ4v) is 2.19. The molecule has 1 amide bonds. The summed E-state index contributed by atoms with van der Waals surface area (Å²) in [6.45, 7) is 1.72. The summed E-state index contributed by atoms with van der Waals surface area (Å²) in [6.07, 6.45) is 0. The van der Waals surface area contributed by atoms with Crippen LogP contribution in [-0.2, 0) is 4.79 Å². The number of halogens is 2. The third kappa shape index (κ3) is 3.08. The molecule has 2 aromatic carbocycles. The van der Waals surface area contributed by atoms with Gasteiger partial charge >= 0.3 is 0 Å². The predicted molar refractivity (Wildman–Crippen MR) is 78.1 cm³/mol. The minimum absolute atomic E-state index is 0.354. The minimum atomic E-state index is -0.768. The Morgan fingerprint density at radius 2 is 2.00 bits per heavy atom. The van der Waals surface area contributed by atoms with Crippen LogP contribution in [0.4, 0.5) is 10.1 Å². The zero-order valence-electron chi connectivity index (χ0n) is 10.9. The van der Waals surface area contributed by atoms with Crippen LogP contribution in [0.2, 0.25) is 5.02 Å². The third-order valence-corrected chi connectivity index (χ3v) is 3.33. The number of aryl methyl sites for hydroxylation is 1. The van der Waals surface area contributed by atoms with Gasteiger partial charge in [-0.15, -0.1) is 0 Å². The van der Waals surface area contributed by atoms with Crippen LogP contribution in [0, 0.1) is 12.7 Å². The average Bonchev–Trinajstić information content (AvgIpc) is 2.38. The number of amides is 1. The summed E-state index contributed by atoms with van der Waals surface area (Å²) >= 11 is 6.05. The molecule has 1 atom stereocenters. The number of primary amides is 1. The first-order chi connectivity index (χ1) is 9.49. The van der Waals surface area contributed by atoms with Crippen LogP contribution >= 0.6 is 11.6 Å². The van der Waals surface area contributed by atoms with Crippen LogP contribution in [0.25, 0.3) is 0 Å². The standard InChI is InChI=1S/C15H14ClFN2O/c1-9-8-10(17)6-7-11(9)14(15(18)20)19-13-5-3-2-4-12(13)16/h2-8,14,19H,1H3,(H2,18,20). The van der Waals surface area contributed by atoms with Crippen LogP contribution in [0.1, 0.15) is 17.2 Å². The van der Waals surface area contributed by atoms with E-state index in [0.717, 1.165) is 0 Å². The van der Waals surface area contributed by atoms with Crippen LogP contribution in [-0.4, -0.2) is 5.91 Å². The van der Waals surface area contributed by atoms with Crippen LogP contribution < -0.4 is 11.1 Å². The molecule has 104 valence electrons. The van der Waals surface area contributed by atoms with Crippen molar-refractivity contribution in [2.75, 3.05) is 5.32 Å². The van der Waals surface area contributed by atoms with Gasteiger partial charge in [0.1, 0.15) is 11.9 Å². The number of nitrogens with two attached hydrogens (primary N) is 1. The van der Waals surface area contributed by atoms with Crippen molar-refractivity contribution in [1.29, 1.82) is 0 Å². The van der Waals surface area contributed by atoms with Crippen molar-refractivity contribution in [1.82, 2.24) is 0 Å². The molecule has 1 unspecified atom stereocenters. The highest BCUT2D eigenvalue weighted by Crippen LogP contribution is 2.27. The first kappa shape index (κ1) is 14.3. The fourth-order valence-electron chi connectivity index (χ4n) is 2.00. The van der Waals surface area contributed by atoms with Crippen LogP contribution in [0.5, 0.6) is 0 Å². The smallest absolute Gasteiger partial charge is 0.244 e. The van der Waals surface area contributed by atoms with Gasteiger partial charge in [0.25, 0.3) is 0 Å². The van der Waals surface area contributed by atoms with Crippen molar-refractivity contribution < 1.29 is 9.18 Å². The number of hydrogen-bond acceptors (Lipinski definition) is 2. The Balaban J connectivity index is 2.37. The lowest BCUT2D eigenvalue weighted by atomic mass is 10.0. The summed E-state index contributed by atoms with van der Waals surface area (Å²) < 4.78 is 13.1. The second kappa shape index (κ2) is 5.92. The molecular formula is C15H14ClFN2O. The molecule has 2 rings (SSSR count). The lowest BCUT2D eigenvalue weighted by Crippen LogP contribution is -2.28. The van der Waals surface area contributed by atoms with Gasteiger partial charge in [0.15, 0.2) is 0 Å². The summed E-state index contributed by atoms with van der Waals surface area (Å²) in [5.74, 6) is -0.910. The van der Waals surface area contributed by atoms with Gasteiger partial charge in [-0.2, -0.15) is 0 Å². The summed E-state index contributed by atoms with van der Waals surface area (Å²) in [4.78, 5) is 11.7. The number of benzene rings is 2. The summed E-state index contributed by atoms with van der Waals surface area (Å²) in [5, 5.41) is 3.48. The quantitative estimate of drug-likeness (QED) is 0.907. The second-order valence-electron chi connectivity index (χ2n) is 4.46. The zero-order chi connectivity index (χ0) is 14.7. The normalized spacial score (nSPS) is 11.9. The first-order valence-electron chi connectivity index (χ1n) is 6.05. The van der Waals surface area contributed by atoms with Gasteiger partial charge in [0.05, 0.1) is 10.7 Å². The Morgan fingerprint density at radius 1 is 1.30 bits per heavy atom. The van der Waals surface area contributed by atoms with Crippen molar-refractivity contribution in [3.63, 3.8) is 0 Å². The van der Waals surface area contributed by atoms with E-state index < -0.39 is 11.9 Å². The zero-order valence-corrected chi connectivity index (χ0v) is 11.6. The van der Waals surface area contributed by atoms with E-state index in [1.807, 2.05) is 0 Å². The Bertz CT molecular complexity index is 646. The van der Waals surface area contributed by atoms with Crippen molar-refractivity contribution in [3.05, 3.63) is 64.4 Å². The minimum Gasteiger partial charge on any atom is -0.369 e. The highest BCUT2D eigenvalue weighted by molar-refractivity contribution is 6.33. The van der Waals surface area contributed by atoms with E-state index in [1.165, 1.54) is 12.1 Å². The molecule has 0 bridgehead atoms.